The van der Waals surface area contributed by atoms with Gasteiger partial charge >= 0.3 is 0 Å². The van der Waals surface area contributed by atoms with E-state index < -0.39 is 0 Å². The molecule has 5 heteroatoms. The van der Waals surface area contributed by atoms with Gasteiger partial charge in [-0.2, -0.15) is 0 Å². The fraction of sp³-hybridized carbons (Fsp3) is 0.500. The molecule has 1 aromatic rings. The summed E-state index contributed by atoms with van der Waals surface area (Å²) in [6, 6.07) is 5.47. The van der Waals surface area contributed by atoms with E-state index in [1.807, 2.05) is 6.07 Å². The average Bonchev–Trinajstić information content (AvgIpc) is 2.68. The second-order valence-corrected chi connectivity index (χ2v) is 5.72. The Morgan fingerprint density at radius 1 is 1.26 bits per heavy atom. The topological polar surface area (TPSA) is 67.8 Å². The Kier molecular flexibility index (Phi) is 5.07. The Morgan fingerprint density at radius 2 is 1.95 bits per heavy atom. The van der Waals surface area contributed by atoms with Gasteiger partial charge < -0.3 is 15.7 Å². The minimum atomic E-state index is 0.0988. The first kappa shape index (κ1) is 14.2. The molecule has 0 radical (unpaired) electrons. The Hall–Kier alpha value is -1.23. The number of amidine groups is 1. The number of ether oxygens (including phenoxy) is 1. The van der Waals surface area contributed by atoms with Crippen LogP contribution in [0.3, 0.4) is 0 Å². The van der Waals surface area contributed by atoms with Crippen molar-refractivity contribution in [3.63, 3.8) is 0 Å². The molecule has 0 unspecified atom stereocenters. The normalized spacial score (nSPS) is 18.1. The molecule has 1 fully saturated rings. The molecule has 3 N–H and O–H groups in total. The van der Waals surface area contributed by atoms with Crippen LogP contribution in [-0.4, -0.2) is 17.1 Å². The predicted molar refractivity (Wildman–Crippen MR) is 78.8 cm³/mol. The zero-order chi connectivity index (χ0) is 13.7. The van der Waals surface area contributed by atoms with Crippen molar-refractivity contribution in [3.8, 4) is 5.75 Å². The van der Waals surface area contributed by atoms with Crippen molar-refractivity contribution in [2.24, 2.45) is 10.9 Å². The molecule has 0 aromatic heterocycles. The van der Waals surface area contributed by atoms with Crippen LogP contribution in [-0.2, 0) is 0 Å². The summed E-state index contributed by atoms with van der Waals surface area (Å²) < 4.78 is 6.88. The smallest absolute Gasteiger partial charge is 0.170 e. The Labute approximate surface area is 121 Å². The van der Waals surface area contributed by atoms with Crippen molar-refractivity contribution in [3.05, 3.63) is 28.2 Å². The minimum Gasteiger partial charge on any atom is -0.489 e. The number of nitrogens with two attached hydrogens (primary N) is 1. The molecule has 19 heavy (non-hydrogen) atoms. The number of nitrogens with zero attached hydrogens (tertiary/aromatic N) is 1. The lowest BCUT2D eigenvalue weighted by Gasteiger charge is -2.18. The van der Waals surface area contributed by atoms with Gasteiger partial charge in [-0.05, 0) is 59.8 Å². The summed E-state index contributed by atoms with van der Waals surface area (Å²) >= 11 is 3.47. The third-order valence-electron chi connectivity index (χ3n) is 3.43. The molecule has 2 rings (SSSR count). The lowest BCUT2D eigenvalue weighted by atomic mass is 10.1. The number of halogens is 1. The molecule has 0 atom stereocenters. The van der Waals surface area contributed by atoms with Crippen LogP contribution < -0.4 is 10.5 Å². The van der Waals surface area contributed by atoms with Gasteiger partial charge in [-0.1, -0.05) is 18.0 Å². The van der Waals surface area contributed by atoms with Gasteiger partial charge in [0.2, 0.25) is 0 Å². The van der Waals surface area contributed by atoms with Crippen LogP contribution in [0.25, 0.3) is 0 Å². The molecule has 1 saturated carbocycles. The van der Waals surface area contributed by atoms with Crippen molar-refractivity contribution in [1.29, 1.82) is 0 Å². The standard InChI is InChI=1S/C14H19BrN2O2/c15-12-9-10(14(16)17-18)7-8-13(12)19-11-5-3-1-2-4-6-11/h7-9,11,18H,1-6H2,(H2,16,17). The highest BCUT2D eigenvalue weighted by Crippen LogP contribution is 2.29. The van der Waals surface area contributed by atoms with Crippen LogP contribution >= 0.6 is 15.9 Å². The molecule has 1 aliphatic rings. The molecular weight excluding hydrogens is 308 g/mol. The zero-order valence-corrected chi connectivity index (χ0v) is 12.4. The van der Waals surface area contributed by atoms with Gasteiger partial charge in [-0.15, -0.1) is 0 Å². The summed E-state index contributed by atoms with van der Waals surface area (Å²) in [4.78, 5) is 0. The van der Waals surface area contributed by atoms with Crippen LogP contribution in [0.2, 0.25) is 0 Å². The summed E-state index contributed by atoms with van der Waals surface area (Å²) in [5, 5.41) is 11.6. The second-order valence-electron chi connectivity index (χ2n) is 4.86. The van der Waals surface area contributed by atoms with E-state index in [-0.39, 0.29) is 5.84 Å². The summed E-state index contributed by atoms with van der Waals surface area (Å²) in [5.74, 6) is 0.920. The number of rotatable bonds is 3. The third kappa shape index (κ3) is 3.86. The maximum atomic E-state index is 8.66. The lowest BCUT2D eigenvalue weighted by molar-refractivity contribution is 0.182. The van der Waals surface area contributed by atoms with Crippen LogP contribution in [0.15, 0.2) is 27.8 Å². The van der Waals surface area contributed by atoms with Gasteiger partial charge in [0.1, 0.15) is 5.75 Å². The molecule has 0 spiro atoms. The summed E-state index contributed by atoms with van der Waals surface area (Å²) in [7, 11) is 0. The summed E-state index contributed by atoms with van der Waals surface area (Å²) in [6.45, 7) is 0. The fourth-order valence-electron chi connectivity index (χ4n) is 2.35. The first-order chi connectivity index (χ1) is 9.20. The quantitative estimate of drug-likeness (QED) is 0.293. The zero-order valence-electron chi connectivity index (χ0n) is 10.8. The molecule has 104 valence electrons. The van der Waals surface area contributed by atoms with E-state index in [4.69, 9.17) is 15.7 Å². The van der Waals surface area contributed by atoms with Gasteiger partial charge in [-0.3, -0.25) is 0 Å². The van der Waals surface area contributed by atoms with Crippen molar-refractivity contribution in [2.45, 2.75) is 44.6 Å². The first-order valence-electron chi connectivity index (χ1n) is 6.65. The number of benzene rings is 1. The minimum absolute atomic E-state index is 0.0988. The third-order valence-corrected chi connectivity index (χ3v) is 4.05. The van der Waals surface area contributed by atoms with Crippen LogP contribution in [0.5, 0.6) is 5.75 Å². The molecule has 0 heterocycles. The molecule has 1 aliphatic carbocycles. The molecule has 0 amide bonds. The van der Waals surface area contributed by atoms with Crippen LogP contribution in [0, 0.1) is 0 Å². The van der Waals surface area contributed by atoms with Gasteiger partial charge in [0.15, 0.2) is 5.84 Å². The largest absolute Gasteiger partial charge is 0.489 e. The van der Waals surface area contributed by atoms with E-state index in [0.717, 1.165) is 23.1 Å². The maximum Gasteiger partial charge on any atom is 0.170 e. The number of hydrogen-bond donors (Lipinski definition) is 2. The molecular formula is C14H19BrN2O2. The molecule has 0 saturated heterocycles. The number of oxime groups is 1. The highest BCUT2D eigenvalue weighted by atomic mass is 79.9. The van der Waals surface area contributed by atoms with Crippen molar-refractivity contribution in [2.75, 3.05) is 0 Å². The predicted octanol–water partition coefficient (Wildman–Crippen LogP) is 3.65. The molecule has 0 aliphatic heterocycles. The van der Waals surface area contributed by atoms with E-state index in [1.165, 1.54) is 25.7 Å². The lowest BCUT2D eigenvalue weighted by Crippen LogP contribution is -2.16. The highest BCUT2D eigenvalue weighted by molar-refractivity contribution is 9.10. The van der Waals surface area contributed by atoms with Crippen molar-refractivity contribution >= 4 is 21.8 Å². The highest BCUT2D eigenvalue weighted by Gasteiger charge is 2.15. The van der Waals surface area contributed by atoms with Gasteiger partial charge in [-0.25, -0.2) is 0 Å². The Bertz CT molecular complexity index is 455. The van der Waals surface area contributed by atoms with E-state index in [9.17, 15) is 0 Å². The van der Waals surface area contributed by atoms with E-state index in [1.54, 1.807) is 12.1 Å². The second kappa shape index (κ2) is 6.80. The summed E-state index contributed by atoms with van der Waals surface area (Å²) in [6.07, 6.45) is 7.64. The van der Waals surface area contributed by atoms with Crippen molar-refractivity contribution < 1.29 is 9.94 Å². The average molecular weight is 327 g/mol. The first-order valence-corrected chi connectivity index (χ1v) is 7.44. The van der Waals surface area contributed by atoms with Crippen LogP contribution in [0.1, 0.15) is 44.1 Å². The molecule has 4 nitrogen and oxygen atoms in total. The SMILES string of the molecule is N/C(=N/O)c1ccc(OC2CCCCCC2)c(Br)c1. The monoisotopic (exact) mass is 326 g/mol. The van der Waals surface area contributed by atoms with Gasteiger partial charge in [0, 0.05) is 5.56 Å². The van der Waals surface area contributed by atoms with Crippen molar-refractivity contribution in [1.82, 2.24) is 0 Å². The van der Waals surface area contributed by atoms with E-state index in [2.05, 4.69) is 21.1 Å². The van der Waals surface area contributed by atoms with Gasteiger partial charge in [0.05, 0.1) is 10.6 Å². The van der Waals surface area contributed by atoms with E-state index in [0.29, 0.717) is 11.7 Å². The Morgan fingerprint density at radius 3 is 2.53 bits per heavy atom. The Balaban J connectivity index is 2.08. The molecule has 0 bridgehead atoms. The van der Waals surface area contributed by atoms with Gasteiger partial charge in [0.25, 0.3) is 0 Å². The number of hydrogen-bond acceptors (Lipinski definition) is 3. The molecule has 1 aromatic carbocycles. The van der Waals surface area contributed by atoms with E-state index >= 15 is 0 Å². The maximum absolute atomic E-state index is 8.66. The van der Waals surface area contributed by atoms with Crippen LogP contribution in [0.4, 0.5) is 0 Å². The summed E-state index contributed by atoms with van der Waals surface area (Å²) in [5.41, 5.74) is 6.23. The fourth-order valence-corrected chi connectivity index (χ4v) is 2.83.